The van der Waals surface area contributed by atoms with Crippen molar-refractivity contribution in [3.8, 4) is 22.7 Å². The lowest BCUT2D eigenvalue weighted by molar-refractivity contribution is 0.0756. The molecule has 0 atom stereocenters. The Morgan fingerprint density at radius 3 is 2.39 bits per heavy atom. The molecule has 3 aromatic rings. The van der Waals surface area contributed by atoms with Crippen LogP contribution < -0.4 is 15.5 Å². The summed E-state index contributed by atoms with van der Waals surface area (Å²) in [6, 6.07) is 12.3. The Morgan fingerprint density at radius 2 is 1.74 bits per heavy atom. The van der Waals surface area contributed by atoms with E-state index in [-0.39, 0.29) is 11.6 Å². The molecular weight excluding hydrogens is 461 g/mol. The summed E-state index contributed by atoms with van der Waals surface area (Å²) < 4.78 is 7.25. The van der Waals surface area contributed by atoms with Crippen molar-refractivity contribution < 1.29 is 9.53 Å². The van der Waals surface area contributed by atoms with Crippen molar-refractivity contribution in [1.82, 2.24) is 25.5 Å². The van der Waals surface area contributed by atoms with Crippen molar-refractivity contribution in [2.45, 2.75) is 0 Å². The first kappa shape index (κ1) is 21.9. The first-order valence-corrected chi connectivity index (χ1v) is 10.8. The van der Waals surface area contributed by atoms with E-state index >= 15 is 0 Å². The molecule has 4 rings (SSSR count). The molecule has 2 aromatic carbocycles. The molecule has 2 N–H and O–H groups in total. The maximum absolute atomic E-state index is 13.1. The number of rotatable bonds is 5. The van der Waals surface area contributed by atoms with Crippen LogP contribution >= 0.6 is 34.8 Å². The van der Waals surface area contributed by atoms with Gasteiger partial charge in [-0.2, -0.15) is 5.10 Å². The van der Waals surface area contributed by atoms with Crippen LogP contribution in [0.4, 0.5) is 0 Å². The van der Waals surface area contributed by atoms with Crippen LogP contribution in [0.3, 0.4) is 0 Å². The van der Waals surface area contributed by atoms with Crippen LogP contribution in [0.1, 0.15) is 10.5 Å². The molecule has 31 heavy (non-hydrogen) atoms. The van der Waals surface area contributed by atoms with Crippen LogP contribution in [0.25, 0.3) is 16.9 Å². The average Bonchev–Trinajstić information content (AvgIpc) is 3.14. The first-order chi connectivity index (χ1) is 15.0. The van der Waals surface area contributed by atoms with E-state index in [0.717, 1.165) is 18.7 Å². The van der Waals surface area contributed by atoms with E-state index in [4.69, 9.17) is 39.5 Å². The molecule has 0 bridgehead atoms. The zero-order valence-electron chi connectivity index (χ0n) is 16.7. The average molecular weight is 481 g/mol. The summed E-state index contributed by atoms with van der Waals surface area (Å²) >= 11 is 18.6. The third-order valence-electron chi connectivity index (χ3n) is 4.89. The largest absolute Gasteiger partial charge is 0.492 e. The topological polar surface area (TPSA) is 71.4 Å². The molecule has 0 unspecified atom stereocenters. The number of halogens is 3. The maximum Gasteiger partial charge on any atom is 0.289 e. The third-order valence-corrected chi connectivity index (χ3v) is 5.68. The number of hydrogen-bond donors (Lipinski definition) is 2. The van der Waals surface area contributed by atoms with E-state index in [1.165, 1.54) is 7.11 Å². The van der Waals surface area contributed by atoms with Gasteiger partial charge in [-0.05, 0) is 30.3 Å². The molecule has 1 aromatic heterocycles. The number of hydrogen-bond acceptors (Lipinski definition) is 5. The number of methoxy groups -OCH3 is 1. The predicted molar refractivity (Wildman–Crippen MR) is 122 cm³/mol. The van der Waals surface area contributed by atoms with Crippen LogP contribution in [0.2, 0.25) is 15.1 Å². The number of nitrogens with one attached hydrogen (secondary N) is 2. The highest BCUT2D eigenvalue weighted by molar-refractivity contribution is 6.35. The second kappa shape index (κ2) is 9.46. The van der Waals surface area contributed by atoms with Crippen molar-refractivity contribution in [3.05, 3.63) is 63.2 Å². The van der Waals surface area contributed by atoms with E-state index in [9.17, 15) is 4.79 Å². The fourth-order valence-electron chi connectivity index (χ4n) is 3.41. The minimum absolute atomic E-state index is 0.150. The van der Waals surface area contributed by atoms with Crippen LogP contribution in [0.15, 0.2) is 42.5 Å². The standard InChI is InChI=1S/C21H20Cl3N5O2/c1-31-20-18(21(30)27-28-10-8-25-9-11-28)26-29(17-7-6-15(23)12-16(17)24)19(20)13-2-4-14(22)5-3-13/h2-7,12,25H,8-11H2,1H3,(H,27,30). The molecule has 0 radical (unpaired) electrons. The summed E-state index contributed by atoms with van der Waals surface area (Å²) in [7, 11) is 1.51. The van der Waals surface area contributed by atoms with E-state index in [2.05, 4.69) is 15.8 Å². The number of carbonyl (C=O) groups is 1. The number of amides is 1. The summed E-state index contributed by atoms with van der Waals surface area (Å²) in [6.45, 7) is 2.98. The summed E-state index contributed by atoms with van der Waals surface area (Å²) in [6.07, 6.45) is 0. The Morgan fingerprint density at radius 1 is 1.06 bits per heavy atom. The first-order valence-electron chi connectivity index (χ1n) is 9.63. The fraction of sp³-hybridized carbons (Fsp3) is 0.238. The van der Waals surface area contributed by atoms with Gasteiger partial charge in [0.15, 0.2) is 11.4 Å². The van der Waals surface area contributed by atoms with E-state index in [1.54, 1.807) is 35.0 Å². The Hall–Kier alpha value is -2.29. The van der Waals surface area contributed by atoms with Crippen molar-refractivity contribution in [2.75, 3.05) is 33.3 Å². The van der Waals surface area contributed by atoms with Crippen molar-refractivity contribution in [1.29, 1.82) is 0 Å². The zero-order valence-corrected chi connectivity index (χ0v) is 18.9. The minimum Gasteiger partial charge on any atom is -0.492 e. The van der Waals surface area contributed by atoms with Gasteiger partial charge in [-0.1, -0.05) is 46.9 Å². The van der Waals surface area contributed by atoms with Crippen LogP contribution in [-0.2, 0) is 0 Å². The number of piperazine rings is 1. The van der Waals surface area contributed by atoms with Crippen LogP contribution in [-0.4, -0.2) is 54.0 Å². The summed E-state index contributed by atoms with van der Waals surface area (Å²) in [5.41, 5.74) is 4.97. The molecule has 10 heteroatoms. The van der Waals surface area contributed by atoms with Crippen LogP contribution in [0, 0.1) is 0 Å². The molecule has 7 nitrogen and oxygen atoms in total. The van der Waals surface area contributed by atoms with Gasteiger partial charge in [-0.15, -0.1) is 0 Å². The number of nitrogens with zero attached hydrogens (tertiary/aromatic N) is 3. The maximum atomic E-state index is 13.1. The monoisotopic (exact) mass is 479 g/mol. The van der Waals surface area contributed by atoms with Crippen LogP contribution in [0.5, 0.6) is 5.75 Å². The summed E-state index contributed by atoms with van der Waals surface area (Å²) in [5, 5.41) is 11.2. The lowest BCUT2D eigenvalue weighted by Gasteiger charge is -2.27. The Bertz CT molecular complexity index is 1100. The molecule has 1 amide bonds. The lowest BCUT2D eigenvalue weighted by Crippen LogP contribution is -2.52. The van der Waals surface area contributed by atoms with Gasteiger partial charge in [0, 0.05) is 41.8 Å². The molecule has 2 heterocycles. The second-order valence-corrected chi connectivity index (χ2v) is 8.20. The predicted octanol–water partition coefficient (Wildman–Crippen LogP) is 4.06. The van der Waals surface area contributed by atoms with E-state index < -0.39 is 0 Å². The normalized spacial score (nSPS) is 14.5. The SMILES string of the molecule is COc1c(C(=O)NN2CCNCC2)nn(-c2ccc(Cl)cc2Cl)c1-c1ccc(Cl)cc1. The number of benzene rings is 2. The molecule has 0 saturated carbocycles. The smallest absolute Gasteiger partial charge is 0.289 e. The summed E-state index contributed by atoms with van der Waals surface area (Å²) in [4.78, 5) is 13.1. The highest BCUT2D eigenvalue weighted by atomic mass is 35.5. The Balaban J connectivity index is 1.84. The second-order valence-electron chi connectivity index (χ2n) is 6.92. The van der Waals surface area contributed by atoms with Gasteiger partial charge in [-0.25, -0.2) is 9.69 Å². The van der Waals surface area contributed by atoms with E-state index in [1.807, 2.05) is 17.1 Å². The molecule has 0 spiro atoms. The number of aromatic nitrogens is 2. The molecule has 1 aliphatic rings. The van der Waals surface area contributed by atoms with E-state index in [0.29, 0.717) is 45.3 Å². The van der Waals surface area contributed by atoms with Gasteiger partial charge in [0.05, 0.1) is 17.8 Å². The van der Waals surface area contributed by atoms with Crippen molar-refractivity contribution in [3.63, 3.8) is 0 Å². The molecule has 162 valence electrons. The zero-order chi connectivity index (χ0) is 22.0. The molecule has 1 saturated heterocycles. The highest BCUT2D eigenvalue weighted by Gasteiger charge is 2.28. The summed E-state index contributed by atoms with van der Waals surface area (Å²) in [5.74, 6) is -0.0289. The molecular formula is C21H20Cl3N5O2. The van der Waals surface area contributed by atoms with Gasteiger partial charge in [0.1, 0.15) is 5.69 Å². The molecule has 1 fully saturated rings. The van der Waals surface area contributed by atoms with Crippen molar-refractivity contribution >= 4 is 40.7 Å². The Labute approximate surface area is 194 Å². The van der Waals surface area contributed by atoms with Gasteiger partial charge in [0.2, 0.25) is 0 Å². The van der Waals surface area contributed by atoms with Crippen molar-refractivity contribution in [2.24, 2.45) is 0 Å². The third kappa shape index (κ3) is 4.66. The Kier molecular flexibility index (Phi) is 6.69. The molecule has 0 aliphatic carbocycles. The fourth-order valence-corrected chi connectivity index (χ4v) is 4.02. The quantitative estimate of drug-likeness (QED) is 0.576. The van der Waals surface area contributed by atoms with Gasteiger partial charge >= 0.3 is 0 Å². The lowest BCUT2D eigenvalue weighted by atomic mass is 10.1. The van der Waals surface area contributed by atoms with Gasteiger partial charge < -0.3 is 10.1 Å². The molecule has 1 aliphatic heterocycles. The number of ether oxygens (including phenoxy) is 1. The highest BCUT2D eigenvalue weighted by Crippen LogP contribution is 2.38. The number of carbonyl (C=O) groups excluding carboxylic acids is 1. The van der Waals surface area contributed by atoms with Gasteiger partial charge in [0.25, 0.3) is 5.91 Å². The minimum atomic E-state index is -0.363. The number of hydrazine groups is 1. The van der Waals surface area contributed by atoms with Gasteiger partial charge in [-0.3, -0.25) is 10.2 Å².